The Kier molecular flexibility index (Phi) is 5.06. The van der Waals surface area contributed by atoms with Crippen molar-refractivity contribution in [3.05, 3.63) is 149 Å². The minimum Gasteiger partial charge on any atom is -0.456 e. The van der Waals surface area contributed by atoms with Crippen LogP contribution in [-0.2, 0) is 0 Å². The number of aryl methyl sites for hydroxylation is 2. The second-order valence-electron chi connectivity index (χ2n) is 11.5. The summed E-state index contributed by atoms with van der Waals surface area (Å²) >= 11 is 0. The van der Waals surface area contributed by atoms with E-state index in [1.54, 1.807) is 0 Å². The van der Waals surface area contributed by atoms with Gasteiger partial charge in [-0.3, -0.25) is 0 Å². The molecule has 0 atom stereocenters. The summed E-state index contributed by atoms with van der Waals surface area (Å²) in [7, 11) is 0. The Balaban J connectivity index is 1.31. The molecule has 2 aliphatic heterocycles. The molecule has 3 heterocycles. The predicted octanol–water partition coefficient (Wildman–Crippen LogP) is 11.1. The lowest BCUT2D eigenvalue weighted by molar-refractivity contribution is 0.409. The van der Waals surface area contributed by atoms with Gasteiger partial charge in [0.15, 0.2) is 5.58 Å². The van der Waals surface area contributed by atoms with Crippen LogP contribution in [0.1, 0.15) is 33.7 Å². The second kappa shape index (κ2) is 9.01. The number of furan rings is 1. The van der Waals surface area contributed by atoms with Crippen LogP contribution >= 0.6 is 0 Å². The van der Waals surface area contributed by atoms with Gasteiger partial charge in [0.2, 0.25) is 0 Å². The molecule has 206 valence electrons. The van der Waals surface area contributed by atoms with Gasteiger partial charge in [-0.15, -0.1) is 0 Å². The average molecular weight is 558 g/mol. The van der Waals surface area contributed by atoms with Crippen molar-refractivity contribution in [2.45, 2.75) is 19.8 Å². The number of fused-ring (bicyclic) bond motifs is 7. The Morgan fingerprint density at radius 2 is 1.16 bits per heavy atom. The first-order chi connectivity index (χ1) is 21.1. The standard InChI is InChI=1S/C39H27NO3/c1-23-15-17-29-33(19-23)41-35-21-26(22-36-38(35)37(29)30-18-16-24(2)20-34(30)42-36)40(25-9-4-3-5-10-25)31-13-8-12-28-27-11-6-7-14-32(27)43-39(28)31/h3-22,37H,1-2H3. The quantitative estimate of drug-likeness (QED) is 0.216. The highest BCUT2D eigenvalue weighted by Crippen LogP contribution is 2.58. The summed E-state index contributed by atoms with van der Waals surface area (Å²) in [4.78, 5) is 2.24. The van der Waals surface area contributed by atoms with Crippen LogP contribution in [0.4, 0.5) is 17.1 Å². The molecule has 4 heteroatoms. The second-order valence-corrected chi connectivity index (χ2v) is 11.5. The Morgan fingerprint density at radius 1 is 0.535 bits per heavy atom. The third-order valence-electron chi connectivity index (χ3n) is 8.67. The van der Waals surface area contributed by atoms with Crippen LogP contribution in [0.25, 0.3) is 21.9 Å². The zero-order valence-electron chi connectivity index (χ0n) is 23.8. The van der Waals surface area contributed by atoms with Crippen molar-refractivity contribution in [1.29, 1.82) is 0 Å². The molecular formula is C39H27NO3. The number of para-hydroxylation sites is 3. The van der Waals surface area contributed by atoms with Gasteiger partial charge >= 0.3 is 0 Å². The van der Waals surface area contributed by atoms with Crippen LogP contribution in [0.5, 0.6) is 23.0 Å². The summed E-state index contributed by atoms with van der Waals surface area (Å²) < 4.78 is 19.9. The van der Waals surface area contributed by atoms with Crippen LogP contribution in [0.2, 0.25) is 0 Å². The van der Waals surface area contributed by atoms with Gasteiger partial charge in [0.1, 0.15) is 28.6 Å². The smallest absolute Gasteiger partial charge is 0.159 e. The van der Waals surface area contributed by atoms with E-state index in [-0.39, 0.29) is 5.92 Å². The molecule has 0 aliphatic carbocycles. The van der Waals surface area contributed by atoms with E-state index >= 15 is 0 Å². The molecule has 0 saturated carbocycles. The molecule has 0 unspecified atom stereocenters. The Bertz CT molecular complexity index is 2150. The lowest BCUT2D eigenvalue weighted by Gasteiger charge is -2.36. The predicted molar refractivity (Wildman–Crippen MR) is 172 cm³/mol. The van der Waals surface area contributed by atoms with Gasteiger partial charge in [0, 0.05) is 51.2 Å². The van der Waals surface area contributed by atoms with Gasteiger partial charge in [0.25, 0.3) is 0 Å². The normalized spacial score (nSPS) is 13.2. The lowest BCUT2D eigenvalue weighted by Crippen LogP contribution is -2.18. The molecule has 0 bridgehead atoms. The van der Waals surface area contributed by atoms with Gasteiger partial charge in [-0.1, -0.05) is 72.8 Å². The van der Waals surface area contributed by atoms with E-state index in [4.69, 9.17) is 13.9 Å². The van der Waals surface area contributed by atoms with Crippen LogP contribution in [-0.4, -0.2) is 0 Å². The van der Waals surface area contributed by atoms with Gasteiger partial charge < -0.3 is 18.8 Å². The molecular weight excluding hydrogens is 530 g/mol. The van der Waals surface area contributed by atoms with Crippen LogP contribution in [0.15, 0.2) is 126 Å². The summed E-state index contributed by atoms with van der Waals surface area (Å²) in [6.45, 7) is 4.21. The van der Waals surface area contributed by atoms with Crippen LogP contribution in [0.3, 0.4) is 0 Å². The molecule has 0 radical (unpaired) electrons. The SMILES string of the molecule is Cc1ccc2c(c1)Oc1cc(N(c3ccccc3)c3cccc4c3oc3ccccc34)cc3c1C2c1ccc(C)cc1O3. The van der Waals surface area contributed by atoms with E-state index in [9.17, 15) is 0 Å². The van der Waals surface area contributed by atoms with Crippen molar-refractivity contribution >= 4 is 39.0 Å². The van der Waals surface area contributed by atoms with Gasteiger partial charge in [-0.25, -0.2) is 0 Å². The fourth-order valence-corrected chi connectivity index (χ4v) is 6.73. The Labute approximate surface area is 249 Å². The van der Waals surface area contributed by atoms with Gasteiger partial charge in [0.05, 0.1) is 11.4 Å². The molecule has 0 N–H and O–H groups in total. The van der Waals surface area contributed by atoms with E-state index < -0.39 is 0 Å². The maximum Gasteiger partial charge on any atom is 0.159 e. The van der Waals surface area contributed by atoms with E-state index in [0.717, 1.165) is 89.8 Å². The summed E-state index contributed by atoms with van der Waals surface area (Å²) in [6, 6.07) is 42.2. The molecule has 0 spiro atoms. The van der Waals surface area contributed by atoms with Crippen molar-refractivity contribution in [2.75, 3.05) is 4.90 Å². The maximum absolute atomic E-state index is 6.71. The fraction of sp³-hybridized carbons (Fsp3) is 0.0769. The number of rotatable bonds is 3. The van der Waals surface area contributed by atoms with Crippen molar-refractivity contribution in [1.82, 2.24) is 0 Å². The maximum atomic E-state index is 6.71. The zero-order valence-corrected chi connectivity index (χ0v) is 23.8. The lowest BCUT2D eigenvalue weighted by atomic mass is 9.79. The summed E-state index contributed by atoms with van der Waals surface area (Å²) in [5, 5.41) is 2.18. The molecule has 0 fully saturated rings. The highest BCUT2D eigenvalue weighted by atomic mass is 16.5. The third-order valence-corrected chi connectivity index (χ3v) is 8.67. The molecule has 0 saturated heterocycles. The molecule has 0 amide bonds. The van der Waals surface area contributed by atoms with E-state index in [1.807, 2.05) is 18.2 Å². The first-order valence-corrected chi connectivity index (χ1v) is 14.6. The zero-order chi connectivity index (χ0) is 28.7. The fourth-order valence-electron chi connectivity index (χ4n) is 6.73. The monoisotopic (exact) mass is 557 g/mol. The molecule has 7 aromatic rings. The first kappa shape index (κ1) is 24.2. The van der Waals surface area contributed by atoms with E-state index in [0.29, 0.717) is 0 Å². The van der Waals surface area contributed by atoms with E-state index in [2.05, 4.69) is 122 Å². The van der Waals surface area contributed by atoms with Crippen LogP contribution < -0.4 is 14.4 Å². The number of anilines is 3. The average Bonchev–Trinajstić information content (AvgIpc) is 3.41. The number of hydrogen-bond acceptors (Lipinski definition) is 4. The van der Waals surface area contributed by atoms with Gasteiger partial charge in [-0.05, 0) is 61.4 Å². The number of nitrogens with zero attached hydrogens (tertiary/aromatic N) is 1. The summed E-state index contributed by atoms with van der Waals surface area (Å²) in [6.07, 6.45) is 0. The highest BCUT2D eigenvalue weighted by Gasteiger charge is 2.38. The minimum absolute atomic E-state index is 0.0248. The van der Waals surface area contributed by atoms with Crippen LogP contribution in [0, 0.1) is 13.8 Å². The number of hydrogen-bond donors (Lipinski definition) is 0. The van der Waals surface area contributed by atoms with E-state index in [1.165, 1.54) is 0 Å². The molecule has 6 aromatic carbocycles. The number of ether oxygens (including phenoxy) is 2. The van der Waals surface area contributed by atoms with Crippen molar-refractivity contribution in [2.24, 2.45) is 0 Å². The van der Waals surface area contributed by atoms with Crippen molar-refractivity contribution < 1.29 is 13.9 Å². The first-order valence-electron chi connectivity index (χ1n) is 14.6. The minimum atomic E-state index is 0.0248. The van der Waals surface area contributed by atoms with Crippen molar-refractivity contribution in [3.63, 3.8) is 0 Å². The largest absolute Gasteiger partial charge is 0.456 e. The number of benzene rings is 6. The Morgan fingerprint density at radius 3 is 1.86 bits per heavy atom. The Hall–Kier alpha value is -5.48. The molecule has 2 aliphatic rings. The third kappa shape index (κ3) is 3.63. The molecule has 1 aromatic heterocycles. The van der Waals surface area contributed by atoms with Gasteiger partial charge in [-0.2, -0.15) is 0 Å². The molecule has 4 nitrogen and oxygen atoms in total. The topological polar surface area (TPSA) is 34.8 Å². The highest BCUT2D eigenvalue weighted by molar-refractivity contribution is 6.10. The molecule has 43 heavy (non-hydrogen) atoms. The summed E-state index contributed by atoms with van der Waals surface area (Å²) in [5.41, 5.74) is 10.3. The van der Waals surface area contributed by atoms with Crippen molar-refractivity contribution in [3.8, 4) is 23.0 Å². The molecule has 9 rings (SSSR count). The summed E-state index contributed by atoms with van der Waals surface area (Å²) in [5.74, 6) is 3.41.